The lowest BCUT2D eigenvalue weighted by Crippen LogP contribution is -2.41. The summed E-state index contributed by atoms with van der Waals surface area (Å²) in [4.78, 5) is 14.7. The van der Waals surface area contributed by atoms with Gasteiger partial charge in [-0.05, 0) is 49.9 Å². The van der Waals surface area contributed by atoms with Crippen molar-refractivity contribution < 1.29 is 4.79 Å². The smallest absolute Gasteiger partial charge is 0.228 e. The predicted octanol–water partition coefficient (Wildman–Crippen LogP) is 3.59. The van der Waals surface area contributed by atoms with Crippen LogP contribution in [0.25, 0.3) is 0 Å². The van der Waals surface area contributed by atoms with Gasteiger partial charge in [0.05, 0.1) is 12.0 Å². The van der Waals surface area contributed by atoms with Crippen molar-refractivity contribution in [3.05, 3.63) is 29.8 Å². The molecule has 23 heavy (non-hydrogen) atoms. The minimum atomic E-state index is 0.0298. The average Bonchev–Trinajstić information content (AvgIpc) is 2.59. The summed E-state index contributed by atoms with van der Waals surface area (Å²) < 4.78 is 0. The Morgan fingerprint density at radius 3 is 2.87 bits per heavy atom. The molecular weight excluding hydrogens is 286 g/mol. The van der Waals surface area contributed by atoms with Gasteiger partial charge in [0.25, 0.3) is 0 Å². The first kappa shape index (κ1) is 17.5. The van der Waals surface area contributed by atoms with Gasteiger partial charge in [-0.25, -0.2) is 0 Å². The van der Waals surface area contributed by atoms with Gasteiger partial charge in [0.2, 0.25) is 5.91 Å². The molecule has 0 aliphatic carbocycles. The van der Waals surface area contributed by atoms with E-state index in [4.69, 9.17) is 5.26 Å². The van der Waals surface area contributed by atoms with Crippen LogP contribution in [0.5, 0.6) is 0 Å². The first-order valence-electron chi connectivity index (χ1n) is 8.72. The van der Waals surface area contributed by atoms with Gasteiger partial charge in [-0.3, -0.25) is 4.79 Å². The molecule has 1 amide bonds. The van der Waals surface area contributed by atoms with Crippen molar-refractivity contribution in [2.45, 2.75) is 45.4 Å². The maximum absolute atomic E-state index is 12.4. The van der Waals surface area contributed by atoms with E-state index in [1.54, 1.807) is 0 Å². The van der Waals surface area contributed by atoms with Crippen molar-refractivity contribution in [1.82, 2.24) is 4.90 Å². The summed E-state index contributed by atoms with van der Waals surface area (Å²) in [5.41, 5.74) is 2.20. The third-order valence-electron chi connectivity index (χ3n) is 4.46. The topological polar surface area (TPSA) is 56.1 Å². The maximum atomic E-state index is 12.4. The summed E-state index contributed by atoms with van der Waals surface area (Å²) in [6.07, 6.45) is 5.99. The second-order valence-electron chi connectivity index (χ2n) is 6.34. The Balaban J connectivity index is 1.84. The number of benzene rings is 1. The van der Waals surface area contributed by atoms with Crippen LogP contribution in [0.1, 0.15) is 44.6 Å². The highest BCUT2D eigenvalue weighted by atomic mass is 16.1. The molecule has 1 aromatic rings. The highest BCUT2D eigenvalue weighted by Gasteiger charge is 2.25. The summed E-state index contributed by atoms with van der Waals surface area (Å²) in [6.45, 7) is 4.73. The second-order valence-corrected chi connectivity index (χ2v) is 6.34. The molecular formula is C19H27N3O. The first-order valence-corrected chi connectivity index (χ1v) is 8.72. The van der Waals surface area contributed by atoms with Gasteiger partial charge < -0.3 is 10.2 Å². The number of piperidine rings is 1. The number of rotatable bonds is 7. The Kier molecular flexibility index (Phi) is 7.09. The van der Waals surface area contributed by atoms with Crippen molar-refractivity contribution in [3.63, 3.8) is 0 Å². The lowest BCUT2D eigenvalue weighted by atomic mass is 9.97. The lowest BCUT2D eigenvalue weighted by molar-refractivity contribution is -0.121. The Morgan fingerprint density at radius 2 is 2.17 bits per heavy atom. The van der Waals surface area contributed by atoms with Crippen LogP contribution in [-0.2, 0) is 11.2 Å². The van der Waals surface area contributed by atoms with Crippen LogP contribution in [0.4, 0.5) is 5.69 Å². The fraction of sp³-hybridized carbons (Fsp3) is 0.579. The van der Waals surface area contributed by atoms with E-state index in [2.05, 4.69) is 35.3 Å². The molecule has 0 spiro atoms. The van der Waals surface area contributed by atoms with Crippen LogP contribution in [0.15, 0.2) is 24.3 Å². The summed E-state index contributed by atoms with van der Waals surface area (Å²) >= 11 is 0. The number of carbonyl (C=O) groups is 1. The third kappa shape index (κ3) is 5.69. The minimum Gasteiger partial charge on any atom is -0.326 e. The molecule has 1 N–H and O–H groups in total. The largest absolute Gasteiger partial charge is 0.326 e. The van der Waals surface area contributed by atoms with Gasteiger partial charge in [0.1, 0.15) is 0 Å². The molecule has 4 heteroatoms. The number of likely N-dealkylation sites (tertiary alicyclic amines) is 1. The van der Waals surface area contributed by atoms with Crippen LogP contribution in [-0.4, -0.2) is 30.4 Å². The maximum Gasteiger partial charge on any atom is 0.228 e. The van der Waals surface area contributed by atoms with E-state index in [0.29, 0.717) is 6.42 Å². The van der Waals surface area contributed by atoms with Crippen molar-refractivity contribution in [2.24, 2.45) is 5.92 Å². The van der Waals surface area contributed by atoms with Gasteiger partial charge in [-0.15, -0.1) is 0 Å². The second kappa shape index (κ2) is 9.32. The van der Waals surface area contributed by atoms with Gasteiger partial charge in [0.15, 0.2) is 0 Å². The highest BCUT2D eigenvalue weighted by molar-refractivity contribution is 5.92. The number of amides is 1. The van der Waals surface area contributed by atoms with Gasteiger partial charge in [0, 0.05) is 25.2 Å². The zero-order valence-electron chi connectivity index (χ0n) is 14.1. The quantitative estimate of drug-likeness (QED) is 0.837. The van der Waals surface area contributed by atoms with E-state index in [0.717, 1.165) is 44.6 Å². The number of carbonyl (C=O) groups excluding carboxylic acids is 1. The molecule has 2 rings (SSSR count). The number of anilines is 1. The van der Waals surface area contributed by atoms with Gasteiger partial charge in [-0.2, -0.15) is 5.26 Å². The predicted molar refractivity (Wildman–Crippen MR) is 93.1 cm³/mol. The highest BCUT2D eigenvalue weighted by Crippen LogP contribution is 2.19. The molecule has 4 nitrogen and oxygen atoms in total. The van der Waals surface area contributed by atoms with E-state index in [9.17, 15) is 4.79 Å². The van der Waals surface area contributed by atoms with E-state index >= 15 is 0 Å². The number of aryl methyl sites for hydroxylation is 1. The molecule has 1 aliphatic heterocycles. The minimum absolute atomic E-state index is 0.0298. The molecule has 0 bridgehead atoms. The Hall–Kier alpha value is -1.86. The number of hydrogen-bond acceptors (Lipinski definition) is 3. The Morgan fingerprint density at radius 1 is 1.39 bits per heavy atom. The number of hydrogen-bond donors (Lipinski definition) is 1. The zero-order chi connectivity index (χ0) is 16.5. The summed E-state index contributed by atoms with van der Waals surface area (Å²) in [5, 5.41) is 11.7. The van der Waals surface area contributed by atoms with E-state index in [1.165, 1.54) is 18.4 Å². The third-order valence-corrected chi connectivity index (χ3v) is 4.46. The molecule has 1 heterocycles. The van der Waals surface area contributed by atoms with E-state index in [1.807, 2.05) is 12.1 Å². The van der Waals surface area contributed by atoms with Crippen LogP contribution in [0.2, 0.25) is 0 Å². The molecule has 1 atom stereocenters. The monoisotopic (exact) mass is 313 g/mol. The molecule has 0 saturated carbocycles. The molecule has 1 fully saturated rings. The molecule has 124 valence electrons. The fourth-order valence-corrected chi connectivity index (χ4v) is 3.06. The SMILES string of the molecule is CCCCc1ccc(NC(=O)C2CCCN(CCC#N)C2)cc1. The first-order chi connectivity index (χ1) is 11.2. The molecule has 1 unspecified atom stereocenters. The summed E-state index contributed by atoms with van der Waals surface area (Å²) in [5.74, 6) is 0.134. The number of nitrogens with one attached hydrogen (secondary N) is 1. The molecule has 0 aromatic heterocycles. The van der Waals surface area contributed by atoms with Crippen molar-refractivity contribution in [2.75, 3.05) is 25.0 Å². The summed E-state index contributed by atoms with van der Waals surface area (Å²) in [6, 6.07) is 10.4. The summed E-state index contributed by atoms with van der Waals surface area (Å²) in [7, 11) is 0. The zero-order valence-corrected chi connectivity index (χ0v) is 14.1. The standard InChI is InChI=1S/C19H27N3O/c1-2-3-6-16-8-10-18(11-9-16)21-19(23)17-7-4-13-22(15-17)14-5-12-20/h8-11,17H,2-7,13-15H2,1H3,(H,21,23). The van der Waals surface area contributed by atoms with Crippen LogP contribution >= 0.6 is 0 Å². The van der Waals surface area contributed by atoms with Gasteiger partial charge >= 0.3 is 0 Å². The molecule has 1 aromatic carbocycles. The number of nitrogens with zero attached hydrogens (tertiary/aromatic N) is 2. The van der Waals surface area contributed by atoms with E-state index in [-0.39, 0.29) is 11.8 Å². The molecule has 0 radical (unpaired) electrons. The fourth-order valence-electron chi connectivity index (χ4n) is 3.06. The molecule has 1 aliphatic rings. The van der Waals surface area contributed by atoms with Crippen LogP contribution < -0.4 is 5.32 Å². The average molecular weight is 313 g/mol. The van der Waals surface area contributed by atoms with E-state index < -0.39 is 0 Å². The van der Waals surface area contributed by atoms with Gasteiger partial charge in [-0.1, -0.05) is 25.5 Å². The number of unbranched alkanes of at least 4 members (excludes halogenated alkanes) is 1. The van der Waals surface area contributed by atoms with Crippen molar-refractivity contribution in [1.29, 1.82) is 5.26 Å². The van der Waals surface area contributed by atoms with Crippen LogP contribution in [0.3, 0.4) is 0 Å². The normalized spacial score (nSPS) is 18.3. The van der Waals surface area contributed by atoms with Crippen LogP contribution in [0, 0.1) is 17.2 Å². The lowest BCUT2D eigenvalue weighted by Gasteiger charge is -2.31. The van der Waals surface area contributed by atoms with Crippen molar-refractivity contribution in [3.8, 4) is 6.07 Å². The Labute approximate surface area is 139 Å². The van der Waals surface area contributed by atoms with Crippen molar-refractivity contribution >= 4 is 11.6 Å². The number of nitriles is 1. The molecule has 1 saturated heterocycles. The Bertz CT molecular complexity index is 533.